The molecule has 2 N–H and O–H groups in total. The van der Waals surface area contributed by atoms with Gasteiger partial charge in [-0.15, -0.1) is 11.3 Å². The standard InChI is InChI=1S/C14H15ClFN3OS/c1-8(2)13(20)19-12-5-9(3-4-11(12)16)17-6-10-7-18-14(15)21-10/h3-5,7-8,17H,6H2,1-2H3,(H,19,20). The van der Waals surface area contributed by atoms with Crippen LogP contribution in [0.4, 0.5) is 15.8 Å². The molecule has 0 saturated carbocycles. The van der Waals surface area contributed by atoms with E-state index in [0.29, 0.717) is 16.7 Å². The zero-order valence-corrected chi connectivity index (χ0v) is 13.2. The summed E-state index contributed by atoms with van der Waals surface area (Å²) in [5.41, 5.74) is 0.876. The summed E-state index contributed by atoms with van der Waals surface area (Å²) in [6.07, 6.45) is 1.69. The van der Waals surface area contributed by atoms with Crippen LogP contribution in [0.2, 0.25) is 4.47 Å². The maximum atomic E-state index is 13.7. The fraction of sp³-hybridized carbons (Fsp3) is 0.286. The van der Waals surface area contributed by atoms with Gasteiger partial charge in [0.25, 0.3) is 0 Å². The van der Waals surface area contributed by atoms with Crippen molar-refractivity contribution in [2.45, 2.75) is 20.4 Å². The second kappa shape index (κ2) is 6.87. The minimum Gasteiger partial charge on any atom is -0.380 e. The van der Waals surface area contributed by atoms with Gasteiger partial charge in [-0.1, -0.05) is 25.4 Å². The van der Waals surface area contributed by atoms with E-state index in [2.05, 4.69) is 15.6 Å². The van der Waals surface area contributed by atoms with Crippen LogP contribution < -0.4 is 10.6 Å². The van der Waals surface area contributed by atoms with Crippen LogP contribution in [-0.2, 0) is 11.3 Å². The number of hydrogen-bond acceptors (Lipinski definition) is 4. The number of benzene rings is 1. The maximum Gasteiger partial charge on any atom is 0.227 e. The fourth-order valence-electron chi connectivity index (χ4n) is 1.56. The molecule has 0 fully saturated rings. The molecule has 0 unspecified atom stereocenters. The van der Waals surface area contributed by atoms with Gasteiger partial charge in [-0.05, 0) is 18.2 Å². The van der Waals surface area contributed by atoms with Gasteiger partial charge >= 0.3 is 0 Å². The summed E-state index contributed by atoms with van der Waals surface area (Å²) >= 11 is 7.13. The molecule has 21 heavy (non-hydrogen) atoms. The molecule has 112 valence electrons. The smallest absolute Gasteiger partial charge is 0.227 e. The highest BCUT2D eigenvalue weighted by atomic mass is 35.5. The molecule has 0 aliphatic rings. The Kier molecular flexibility index (Phi) is 5.14. The number of halogens is 2. The van der Waals surface area contributed by atoms with E-state index < -0.39 is 5.82 Å². The van der Waals surface area contributed by atoms with Gasteiger partial charge in [0.05, 0.1) is 12.2 Å². The van der Waals surface area contributed by atoms with Crippen molar-refractivity contribution in [3.05, 3.63) is 39.6 Å². The van der Waals surface area contributed by atoms with E-state index in [1.54, 1.807) is 32.2 Å². The molecule has 1 amide bonds. The number of amides is 1. The van der Waals surface area contributed by atoms with Crippen LogP contribution in [0.1, 0.15) is 18.7 Å². The Morgan fingerprint density at radius 3 is 2.86 bits per heavy atom. The molecule has 0 radical (unpaired) electrons. The summed E-state index contributed by atoms with van der Waals surface area (Å²) in [4.78, 5) is 16.6. The third kappa shape index (κ3) is 4.41. The lowest BCUT2D eigenvalue weighted by Gasteiger charge is -2.11. The Hall–Kier alpha value is -1.66. The van der Waals surface area contributed by atoms with Gasteiger partial charge in [-0.3, -0.25) is 4.79 Å². The van der Waals surface area contributed by atoms with Crippen molar-refractivity contribution in [1.82, 2.24) is 4.98 Å². The fourth-order valence-corrected chi connectivity index (χ4v) is 2.48. The Morgan fingerprint density at radius 2 is 2.24 bits per heavy atom. The quantitative estimate of drug-likeness (QED) is 0.867. The van der Waals surface area contributed by atoms with Crippen molar-refractivity contribution in [1.29, 1.82) is 0 Å². The number of carbonyl (C=O) groups is 1. The van der Waals surface area contributed by atoms with Crippen LogP contribution in [0.5, 0.6) is 0 Å². The average molecular weight is 328 g/mol. The predicted octanol–water partition coefficient (Wildman–Crippen LogP) is 4.14. The minimum absolute atomic E-state index is 0.168. The second-order valence-corrected chi connectivity index (χ2v) is 6.47. The molecule has 7 heteroatoms. The number of rotatable bonds is 5. The van der Waals surface area contributed by atoms with E-state index in [1.807, 2.05) is 0 Å². The van der Waals surface area contributed by atoms with E-state index in [1.165, 1.54) is 17.4 Å². The van der Waals surface area contributed by atoms with Gasteiger partial charge in [0.15, 0.2) is 4.47 Å². The normalized spacial score (nSPS) is 10.7. The summed E-state index contributed by atoms with van der Waals surface area (Å²) in [7, 11) is 0. The van der Waals surface area contributed by atoms with Crippen molar-refractivity contribution in [3.8, 4) is 0 Å². The van der Waals surface area contributed by atoms with E-state index in [4.69, 9.17) is 11.6 Å². The SMILES string of the molecule is CC(C)C(=O)Nc1cc(NCc2cnc(Cl)s2)ccc1F. The van der Waals surface area contributed by atoms with E-state index in [9.17, 15) is 9.18 Å². The van der Waals surface area contributed by atoms with Gasteiger partial charge in [0.2, 0.25) is 5.91 Å². The lowest BCUT2D eigenvalue weighted by molar-refractivity contribution is -0.118. The lowest BCUT2D eigenvalue weighted by Crippen LogP contribution is -2.18. The first-order chi connectivity index (χ1) is 9.95. The monoisotopic (exact) mass is 327 g/mol. The molecule has 2 aromatic rings. The number of anilines is 2. The van der Waals surface area contributed by atoms with Crippen molar-refractivity contribution in [3.63, 3.8) is 0 Å². The molecule has 1 aromatic heterocycles. The highest BCUT2D eigenvalue weighted by Crippen LogP contribution is 2.22. The molecule has 0 saturated heterocycles. The van der Waals surface area contributed by atoms with Gasteiger partial charge in [0, 0.05) is 22.7 Å². The average Bonchev–Trinajstić information content (AvgIpc) is 2.85. The topological polar surface area (TPSA) is 54.0 Å². The molecular weight excluding hydrogens is 313 g/mol. The van der Waals surface area contributed by atoms with Crippen molar-refractivity contribution in [2.75, 3.05) is 10.6 Å². The Balaban J connectivity index is 2.05. The third-order valence-electron chi connectivity index (χ3n) is 2.74. The Morgan fingerprint density at radius 1 is 1.48 bits per heavy atom. The van der Waals surface area contributed by atoms with Crippen LogP contribution in [0, 0.1) is 11.7 Å². The first-order valence-corrected chi connectivity index (χ1v) is 7.59. The molecule has 0 atom stereocenters. The molecule has 4 nitrogen and oxygen atoms in total. The zero-order chi connectivity index (χ0) is 15.4. The second-order valence-electron chi connectivity index (χ2n) is 4.77. The predicted molar refractivity (Wildman–Crippen MR) is 84.3 cm³/mol. The molecule has 0 aliphatic heterocycles. The van der Waals surface area contributed by atoms with Gasteiger partial charge in [0.1, 0.15) is 5.82 Å². The third-order valence-corrected chi connectivity index (χ3v) is 3.86. The minimum atomic E-state index is -0.463. The number of hydrogen-bond donors (Lipinski definition) is 2. The van der Waals surface area contributed by atoms with Crippen LogP contribution in [-0.4, -0.2) is 10.9 Å². The largest absolute Gasteiger partial charge is 0.380 e. The van der Waals surface area contributed by atoms with Crippen molar-refractivity contribution < 1.29 is 9.18 Å². The summed E-state index contributed by atoms with van der Waals surface area (Å²) in [5, 5.41) is 5.71. The summed E-state index contributed by atoms with van der Waals surface area (Å²) in [6, 6.07) is 4.50. The van der Waals surface area contributed by atoms with Gasteiger partial charge in [-0.2, -0.15) is 0 Å². The summed E-state index contributed by atoms with van der Waals surface area (Å²) in [5.74, 6) is -0.893. The van der Waals surface area contributed by atoms with Crippen LogP contribution in [0.25, 0.3) is 0 Å². The highest BCUT2D eigenvalue weighted by Gasteiger charge is 2.11. The molecular formula is C14H15ClFN3OS. The summed E-state index contributed by atoms with van der Waals surface area (Å²) in [6.45, 7) is 4.04. The molecule has 1 aromatic carbocycles. The lowest BCUT2D eigenvalue weighted by atomic mass is 10.2. The molecule has 0 spiro atoms. The molecule has 0 aliphatic carbocycles. The van der Waals surface area contributed by atoms with Gasteiger partial charge < -0.3 is 10.6 Å². The number of nitrogens with one attached hydrogen (secondary N) is 2. The number of thiazole rings is 1. The van der Waals surface area contributed by atoms with Crippen LogP contribution in [0.3, 0.4) is 0 Å². The first-order valence-electron chi connectivity index (χ1n) is 6.40. The zero-order valence-electron chi connectivity index (χ0n) is 11.6. The van der Waals surface area contributed by atoms with Crippen LogP contribution >= 0.6 is 22.9 Å². The summed E-state index contributed by atoms with van der Waals surface area (Å²) < 4.78 is 14.2. The van der Waals surface area contributed by atoms with E-state index in [-0.39, 0.29) is 17.5 Å². The van der Waals surface area contributed by atoms with Gasteiger partial charge in [-0.25, -0.2) is 9.37 Å². The van der Waals surface area contributed by atoms with E-state index in [0.717, 1.165) is 4.88 Å². The Bertz CT molecular complexity index is 645. The number of aromatic nitrogens is 1. The van der Waals surface area contributed by atoms with Crippen LogP contribution in [0.15, 0.2) is 24.4 Å². The Labute approximate surface area is 131 Å². The molecule has 1 heterocycles. The first kappa shape index (κ1) is 15.7. The molecule has 2 rings (SSSR count). The maximum absolute atomic E-state index is 13.7. The van der Waals surface area contributed by atoms with E-state index >= 15 is 0 Å². The number of nitrogens with zero attached hydrogens (tertiary/aromatic N) is 1. The molecule has 0 bridgehead atoms. The highest BCUT2D eigenvalue weighted by molar-refractivity contribution is 7.15. The van der Waals surface area contributed by atoms with Crippen molar-refractivity contribution in [2.24, 2.45) is 5.92 Å². The van der Waals surface area contributed by atoms with Crippen molar-refractivity contribution >= 4 is 40.2 Å². The number of carbonyl (C=O) groups excluding carboxylic acids is 1.